The number of rotatable bonds is 2. The highest BCUT2D eigenvalue weighted by Crippen LogP contribution is 2.29. The van der Waals surface area contributed by atoms with Crippen molar-refractivity contribution in [2.45, 2.75) is 38.5 Å². The fourth-order valence-electron chi connectivity index (χ4n) is 3.68. The van der Waals surface area contributed by atoms with Gasteiger partial charge in [0.1, 0.15) is 5.82 Å². The summed E-state index contributed by atoms with van der Waals surface area (Å²) in [6.45, 7) is 5.67. The van der Waals surface area contributed by atoms with Gasteiger partial charge in [0.25, 0.3) is 5.91 Å². The average molecular weight is 341 g/mol. The van der Waals surface area contributed by atoms with Gasteiger partial charge in [0.05, 0.1) is 0 Å². The lowest BCUT2D eigenvalue weighted by Crippen LogP contribution is -2.39. The third-order valence-electron chi connectivity index (χ3n) is 4.97. The molecule has 2 aliphatic heterocycles. The number of nitrogens with one attached hydrogen (secondary N) is 1. The van der Waals surface area contributed by atoms with E-state index in [1.165, 1.54) is 12.5 Å². The Morgan fingerprint density at radius 3 is 2.70 bits per heavy atom. The smallest absolute Gasteiger partial charge is 0.253 e. The predicted molar refractivity (Wildman–Crippen MR) is 92.8 cm³/mol. The van der Waals surface area contributed by atoms with Crippen LogP contribution in [0.2, 0.25) is 0 Å². The first-order valence-corrected chi connectivity index (χ1v) is 8.44. The normalized spacial score (nSPS) is 22.5. The van der Waals surface area contributed by atoms with Crippen LogP contribution in [-0.4, -0.2) is 37.0 Å². The summed E-state index contributed by atoms with van der Waals surface area (Å²) in [7, 11) is 0. The number of halogens is 2. The van der Waals surface area contributed by atoms with E-state index in [-0.39, 0.29) is 30.0 Å². The number of nitrogens with zero attached hydrogens (tertiary/aromatic N) is 1. The average Bonchev–Trinajstić information content (AvgIpc) is 2.55. The van der Waals surface area contributed by atoms with Gasteiger partial charge in [-0.2, -0.15) is 0 Å². The summed E-state index contributed by atoms with van der Waals surface area (Å²) >= 11 is 0. The van der Waals surface area contributed by atoms with E-state index in [4.69, 9.17) is 0 Å². The molecule has 1 aromatic rings. The lowest BCUT2D eigenvalue weighted by molar-refractivity contribution is 0.0683. The molecule has 3 nitrogen and oxygen atoms in total. The van der Waals surface area contributed by atoms with Crippen LogP contribution < -0.4 is 5.32 Å². The number of carbonyl (C=O) groups is 1. The first-order valence-electron chi connectivity index (χ1n) is 8.44. The molecule has 1 amide bonds. The number of benzene rings is 1. The number of amides is 1. The summed E-state index contributed by atoms with van der Waals surface area (Å²) in [6.07, 6.45) is 4.13. The van der Waals surface area contributed by atoms with Gasteiger partial charge in [-0.05, 0) is 74.4 Å². The van der Waals surface area contributed by atoms with Crippen molar-refractivity contribution >= 4 is 18.3 Å². The fraction of sp³-hybridized carbons (Fsp3) is 0.611. The largest absolute Gasteiger partial charge is 0.338 e. The van der Waals surface area contributed by atoms with Gasteiger partial charge in [0.15, 0.2) is 0 Å². The minimum absolute atomic E-state index is 0. The Balaban J connectivity index is 0.00000192. The molecule has 0 aromatic heterocycles. The molecule has 0 bridgehead atoms. The second-order valence-electron chi connectivity index (χ2n) is 6.76. The zero-order valence-corrected chi connectivity index (χ0v) is 14.5. The minimum atomic E-state index is -0.171. The van der Waals surface area contributed by atoms with E-state index in [0.717, 1.165) is 51.0 Å². The second kappa shape index (κ2) is 8.11. The topological polar surface area (TPSA) is 32.3 Å². The van der Waals surface area contributed by atoms with Gasteiger partial charge in [0, 0.05) is 18.7 Å². The highest BCUT2D eigenvalue weighted by atomic mass is 35.5. The van der Waals surface area contributed by atoms with Crippen LogP contribution in [0.1, 0.15) is 54.4 Å². The Kier molecular flexibility index (Phi) is 6.42. The van der Waals surface area contributed by atoms with Crippen molar-refractivity contribution < 1.29 is 9.18 Å². The van der Waals surface area contributed by atoms with Gasteiger partial charge in [-0.3, -0.25) is 4.79 Å². The summed E-state index contributed by atoms with van der Waals surface area (Å²) in [5.74, 6) is 0.675. The molecule has 2 heterocycles. The van der Waals surface area contributed by atoms with E-state index in [2.05, 4.69) is 12.2 Å². The zero-order chi connectivity index (χ0) is 15.5. The highest BCUT2D eigenvalue weighted by Gasteiger charge is 2.24. The molecule has 2 saturated heterocycles. The van der Waals surface area contributed by atoms with Crippen LogP contribution in [0.4, 0.5) is 4.39 Å². The first kappa shape index (κ1) is 18.2. The number of hydrogen-bond donors (Lipinski definition) is 1. The predicted octanol–water partition coefficient (Wildman–Crippen LogP) is 3.59. The molecule has 0 saturated carbocycles. The van der Waals surface area contributed by atoms with Crippen molar-refractivity contribution in [3.8, 4) is 0 Å². The van der Waals surface area contributed by atoms with Crippen LogP contribution in [0.3, 0.4) is 0 Å². The number of hydrogen-bond acceptors (Lipinski definition) is 2. The summed E-state index contributed by atoms with van der Waals surface area (Å²) < 4.78 is 14.2. The second-order valence-corrected chi connectivity index (χ2v) is 6.76. The van der Waals surface area contributed by atoms with E-state index >= 15 is 0 Å². The fourth-order valence-corrected chi connectivity index (χ4v) is 3.68. The molecule has 128 valence electrons. The van der Waals surface area contributed by atoms with Crippen molar-refractivity contribution in [2.24, 2.45) is 5.92 Å². The van der Waals surface area contributed by atoms with Crippen LogP contribution in [0, 0.1) is 11.7 Å². The standard InChI is InChI=1S/C18H25FN2O.ClH/c1-13-3-2-10-21(12-13)18(22)15-4-5-17(19)16(11-15)14-6-8-20-9-7-14;/h4-5,11,13-14,20H,2-3,6-10,12H2,1H3;1H. The molecule has 5 heteroatoms. The summed E-state index contributed by atoms with van der Waals surface area (Å²) in [5, 5.41) is 3.30. The van der Waals surface area contributed by atoms with Crippen LogP contribution in [-0.2, 0) is 0 Å². The molecule has 0 radical (unpaired) electrons. The van der Waals surface area contributed by atoms with E-state index in [0.29, 0.717) is 11.5 Å². The van der Waals surface area contributed by atoms with Crippen molar-refractivity contribution in [3.63, 3.8) is 0 Å². The van der Waals surface area contributed by atoms with Crippen LogP contribution >= 0.6 is 12.4 Å². The number of likely N-dealkylation sites (tertiary alicyclic amines) is 1. The van der Waals surface area contributed by atoms with E-state index in [1.54, 1.807) is 12.1 Å². The molecule has 2 aliphatic rings. The molecule has 1 atom stereocenters. The molecule has 1 aromatic carbocycles. The van der Waals surface area contributed by atoms with Crippen molar-refractivity contribution in [1.82, 2.24) is 10.2 Å². The SMILES string of the molecule is CC1CCCN(C(=O)c2ccc(F)c(C3CCNCC3)c2)C1.Cl. The molecule has 0 spiro atoms. The van der Waals surface area contributed by atoms with Gasteiger partial charge >= 0.3 is 0 Å². The van der Waals surface area contributed by atoms with Crippen LogP contribution in [0.25, 0.3) is 0 Å². The van der Waals surface area contributed by atoms with Gasteiger partial charge in [0.2, 0.25) is 0 Å². The molecule has 1 unspecified atom stereocenters. The Morgan fingerprint density at radius 1 is 1.26 bits per heavy atom. The molecular formula is C18H26ClFN2O. The summed E-state index contributed by atoms with van der Waals surface area (Å²) in [4.78, 5) is 14.6. The number of carbonyl (C=O) groups excluding carboxylic acids is 1. The van der Waals surface area contributed by atoms with Gasteiger partial charge in [-0.25, -0.2) is 4.39 Å². The molecule has 0 aliphatic carbocycles. The maximum atomic E-state index is 14.2. The Labute approximate surface area is 144 Å². The maximum Gasteiger partial charge on any atom is 0.253 e. The third kappa shape index (κ3) is 4.24. The quantitative estimate of drug-likeness (QED) is 0.892. The van der Waals surface area contributed by atoms with Gasteiger partial charge in [-0.15, -0.1) is 12.4 Å². The molecule has 3 rings (SSSR count). The van der Waals surface area contributed by atoms with Gasteiger partial charge < -0.3 is 10.2 Å². The minimum Gasteiger partial charge on any atom is -0.338 e. The van der Waals surface area contributed by atoms with Crippen molar-refractivity contribution in [3.05, 3.63) is 35.1 Å². The lowest BCUT2D eigenvalue weighted by Gasteiger charge is -2.31. The van der Waals surface area contributed by atoms with E-state index in [9.17, 15) is 9.18 Å². The first-order chi connectivity index (χ1) is 10.6. The van der Waals surface area contributed by atoms with Crippen molar-refractivity contribution in [1.29, 1.82) is 0 Å². The molecular weight excluding hydrogens is 315 g/mol. The highest BCUT2D eigenvalue weighted by molar-refractivity contribution is 5.94. The Hall–Kier alpha value is -1.13. The molecule has 2 fully saturated rings. The molecule has 1 N–H and O–H groups in total. The third-order valence-corrected chi connectivity index (χ3v) is 4.97. The maximum absolute atomic E-state index is 14.2. The van der Waals surface area contributed by atoms with Crippen LogP contribution in [0.15, 0.2) is 18.2 Å². The van der Waals surface area contributed by atoms with E-state index < -0.39 is 0 Å². The zero-order valence-electron chi connectivity index (χ0n) is 13.7. The monoisotopic (exact) mass is 340 g/mol. The summed E-state index contributed by atoms with van der Waals surface area (Å²) in [6, 6.07) is 4.91. The molecule has 23 heavy (non-hydrogen) atoms. The Bertz CT molecular complexity index is 546. The van der Waals surface area contributed by atoms with Crippen LogP contribution in [0.5, 0.6) is 0 Å². The Morgan fingerprint density at radius 2 is 2.00 bits per heavy atom. The lowest BCUT2D eigenvalue weighted by atomic mass is 9.88. The van der Waals surface area contributed by atoms with E-state index in [1.807, 2.05) is 4.90 Å². The summed E-state index contributed by atoms with van der Waals surface area (Å²) in [5.41, 5.74) is 1.36. The number of piperidine rings is 2. The van der Waals surface area contributed by atoms with Gasteiger partial charge in [-0.1, -0.05) is 6.92 Å². The van der Waals surface area contributed by atoms with Crippen molar-refractivity contribution in [2.75, 3.05) is 26.2 Å².